The van der Waals surface area contributed by atoms with Gasteiger partial charge in [0.05, 0.1) is 0 Å². The molecular formula is C26H43N5. The van der Waals surface area contributed by atoms with Crippen LogP contribution in [-0.4, -0.2) is 67.6 Å². The van der Waals surface area contributed by atoms with E-state index in [-0.39, 0.29) is 0 Å². The Morgan fingerprint density at radius 3 is 2.29 bits per heavy atom. The molecule has 5 nitrogen and oxygen atoms in total. The first kappa shape index (κ1) is 23.8. The third-order valence-corrected chi connectivity index (χ3v) is 6.51. The Morgan fingerprint density at radius 2 is 1.68 bits per heavy atom. The van der Waals surface area contributed by atoms with Gasteiger partial charge in [0.15, 0.2) is 5.96 Å². The molecule has 0 aromatic heterocycles. The Hall–Kier alpha value is -1.85. The molecule has 1 aromatic rings. The van der Waals surface area contributed by atoms with Crippen LogP contribution in [0.2, 0.25) is 0 Å². The number of nitrogens with zero attached hydrogens (tertiary/aromatic N) is 3. The minimum atomic E-state index is 0.524. The third kappa shape index (κ3) is 8.30. The SMILES string of the molecule is C=C(C)CN1CCC(NC(=NCC2CCN(Cc3ccc(C)cc3)CC2)NCC)CC1. The van der Waals surface area contributed by atoms with Gasteiger partial charge in [0.1, 0.15) is 0 Å². The number of aryl methyl sites for hydroxylation is 1. The van der Waals surface area contributed by atoms with Crippen LogP contribution in [0.3, 0.4) is 0 Å². The molecule has 2 aliphatic heterocycles. The number of hydrogen-bond acceptors (Lipinski definition) is 3. The van der Waals surface area contributed by atoms with Crippen LogP contribution < -0.4 is 10.6 Å². The van der Waals surface area contributed by atoms with Crippen molar-refractivity contribution < 1.29 is 0 Å². The van der Waals surface area contributed by atoms with E-state index in [9.17, 15) is 0 Å². The molecule has 2 heterocycles. The molecule has 172 valence electrons. The minimum absolute atomic E-state index is 0.524. The van der Waals surface area contributed by atoms with Crippen molar-refractivity contribution in [2.75, 3.05) is 45.8 Å². The smallest absolute Gasteiger partial charge is 0.191 e. The quantitative estimate of drug-likeness (QED) is 0.378. The van der Waals surface area contributed by atoms with Gasteiger partial charge in [-0.15, -0.1) is 0 Å². The second-order valence-corrected chi connectivity index (χ2v) is 9.58. The highest BCUT2D eigenvalue weighted by Gasteiger charge is 2.21. The van der Waals surface area contributed by atoms with E-state index in [0.29, 0.717) is 12.0 Å². The van der Waals surface area contributed by atoms with E-state index < -0.39 is 0 Å². The number of piperidine rings is 2. The largest absolute Gasteiger partial charge is 0.357 e. The predicted molar refractivity (Wildman–Crippen MR) is 133 cm³/mol. The second-order valence-electron chi connectivity index (χ2n) is 9.58. The summed E-state index contributed by atoms with van der Waals surface area (Å²) in [7, 11) is 0. The summed E-state index contributed by atoms with van der Waals surface area (Å²) in [5.74, 6) is 1.70. The molecule has 2 saturated heterocycles. The molecule has 0 unspecified atom stereocenters. The summed E-state index contributed by atoms with van der Waals surface area (Å²) in [5, 5.41) is 7.16. The minimum Gasteiger partial charge on any atom is -0.357 e. The summed E-state index contributed by atoms with van der Waals surface area (Å²) in [6.07, 6.45) is 4.84. The maximum Gasteiger partial charge on any atom is 0.191 e. The summed E-state index contributed by atoms with van der Waals surface area (Å²) < 4.78 is 0. The summed E-state index contributed by atoms with van der Waals surface area (Å²) in [6, 6.07) is 9.49. The van der Waals surface area contributed by atoms with Crippen LogP contribution in [0.5, 0.6) is 0 Å². The van der Waals surface area contributed by atoms with Gasteiger partial charge < -0.3 is 10.6 Å². The van der Waals surface area contributed by atoms with Gasteiger partial charge in [0.2, 0.25) is 0 Å². The van der Waals surface area contributed by atoms with E-state index in [2.05, 4.69) is 72.0 Å². The van der Waals surface area contributed by atoms with Gasteiger partial charge in [0, 0.05) is 45.3 Å². The molecule has 1 aromatic carbocycles. The van der Waals surface area contributed by atoms with E-state index in [1.54, 1.807) is 0 Å². The number of likely N-dealkylation sites (tertiary alicyclic amines) is 2. The van der Waals surface area contributed by atoms with Crippen LogP contribution >= 0.6 is 0 Å². The highest BCUT2D eigenvalue weighted by molar-refractivity contribution is 5.80. The van der Waals surface area contributed by atoms with E-state index >= 15 is 0 Å². The average Bonchev–Trinajstić information content (AvgIpc) is 2.76. The molecule has 3 rings (SSSR count). The van der Waals surface area contributed by atoms with Gasteiger partial charge in [-0.2, -0.15) is 0 Å². The van der Waals surface area contributed by atoms with E-state index in [1.165, 1.54) is 55.5 Å². The van der Waals surface area contributed by atoms with Crippen LogP contribution in [-0.2, 0) is 6.54 Å². The Bertz CT molecular complexity index is 695. The molecule has 0 radical (unpaired) electrons. The summed E-state index contributed by atoms with van der Waals surface area (Å²) in [5.41, 5.74) is 4.02. The topological polar surface area (TPSA) is 42.9 Å². The lowest BCUT2D eigenvalue weighted by Crippen LogP contribution is -2.49. The number of nitrogens with one attached hydrogen (secondary N) is 2. The number of benzene rings is 1. The van der Waals surface area contributed by atoms with Crippen molar-refractivity contribution >= 4 is 5.96 Å². The highest BCUT2D eigenvalue weighted by atomic mass is 15.2. The molecule has 31 heavy (non-hydrogen) atoms. The zero-order valence-electron chi connectivity index (χ0n) is 20.0. The van der Waals surface area contributed by atoms with Gasteiger partial charge in [-0.05, 0) is 71.0 Å². The number of guanidine groups is 1. The van der Waals surface area contributed by atoms with Gasteiger partial charge in [0.25, 0.3) is 0 Å². The lowest BCUT2D eigenvalue weighted by molar-refractivity contribution is 0.180. The van der Waals surface area contributed by atoms with Crippen molar-refractivity contribution in [3.05, 3.63) is 47.5 Å². The van der Waals surface area contributed by atoms with Crippen molar-refractivity contribution in [1.82, 2.24) is 20.4 Å². The van der Waals surface area contributed by atoms with Gasteiger partial charge >= 0.3 is 0 Å². The molecule has 2 fully saturated rings. The summed E-state index contributed by atoms with van der Waals surface area (Å²) in [4.78, 5) is 10.1. The van der Waals surface area contributed by atoms with Crippen LogP contribution in [0.1, 0.15) is 50.7 Å². The normalized spacial score (nSPS) is 20.0. The molecule has 0 bridgehead atoms. The zero-order chi connectivity index (χ0) is 22.1. The molecule has 2 N–H and O–H groups in total. The lowest BCUT2D eigenvalue weighted by Gasteiger charge is -2.33. The average molecular weight is 426 g/mol. The number of hydrogen-bond donors (Lipinski definition) is 2. The van der Waals surface area contributed by atoms with Crippen LogP contribution in [0, 0.1) is 12.8 Å². The van der Waals surface area contributed by atoms with Crippen LogP contribution in [0.15, 0.2) is 41.4 Å². The molecule has 5 heteroatoms. The van der Waals surface area contributed by atoms with E-state index in [0.717, 1.165) is 45.2 Å². The highest BCUT2D eigenvalue weighted by Crippen LogP contribution is 2.20. The Balaban J connectivity index is 1.40. The molecular weight excluding hydrogens is 382 g/mol. The number of rotatable bonds is 8. The van der Waals surface area contributed by atoms with E-state index in [1.807, 2.05) is 0 Å². The molecule has 0 amide bonds. The molecule has 2 aliphatic rings. The Kier molecular flexibility index (Phi) is 9.41. The molecule has 0 spiro atoms. The predicted octanol–water partition coefficient (Wildman–Crippen LogP) is 3.80. The fraction of sp³-hybridized carbons (Fsp3) is 0.654. The van der Waals surface area contributed by atoms with Gasteiger partial charge in [-0.25, -0.2) is 0 Å². The first-order valence-corrected chi connectivity index (χ1v) is 12.2. The summed E-state index contributed by atoms with van der Waals surface area (Å²) >= 11 is 0. The lowest BCUT2D eigenvalue weighted by atomic mass is 9.96. The molecule has 0 atom stereocenters. The Labute approximate surface area is 190 Å². The van der Waals surface area contributed by atoms with Gasteiger partial charge in [-0.1, -0.05) is 42.0 Å². The second kappa shape index (κ2) is 12.3. The monoisotopic (exact) mass is 425 g/mol. The van der Waals surface area contributed by atoms with Gasteiger partial charge in [-0.3, -0.25) is 14.8 Å². The maximum atomic E-state index is 4.97. The Morgan fingerprint density at radius 1 is 1.03 bits per heavy atom. The third-order valence-electron chi connectivity index (χ3n) is 6.51. The van der Waals surface area contributed by atoms with Crippen molar-refractivity contribution in [3.63, 3.8) is 0 Å². The first-order chi connectivity index (χ1) is 15.0. The van der Waals surface area contributed by atoms with Crippen LogP contribution in [0.4, 0.5) is 0 Å². The first-order valence-electron chi connectivity index (χ1n) is 12.2. The molecule has 0 aliphatic carbocycles. The molecule has 0 saturated carbocycles. The number of aliphatic imine (C=N–C) groups is 1. The zero-order valence-corrected chi connectivity index (χ0v) is 20.0. The van der Waals surface area contributed by atoms with E-state index in [4.69, 9.17) is 4.99 Å². The fourth-order valence-corrected chi connectivity index (χ4v) is 4.63. The van der Waals surface area contributed by atoms with Crippen molar-refractivity contribution in [2.24, 2.45) is 10.9 Å². The summed E-state index contributed by atoms with van der Waals surface area (Å²) in [6.45, 7) is 19.1. The fourth-order valence-electron chi connectivity index (χ4n) is 4.63. The van der Waals surface area contributed by atoms with Crippen molar-refractivity contribution in [2.45, 2.75) is 59.0 Å². The van der Waals surface area contributed by atoms with Crippen molar-refractivity contribution in [1.29, 1.82) is 0 Å². The van der Waals surface area contributed by atoms with Crippen LogP contribution in [0.25, 0.3) is 0 Å². The maximum absolute atomic E-state index is 4.97. The van der Waals surface area contributed by atoms with Crippen molar-refractivity contribution in [3.8, 4) is 0 Å². The standard InChI is InChI=1S/C26H43N5/c1-5-27-26(29-25-12-16-30(17-13-25)19-21(2)3)28-18-23-10-14-31(15-11-23)20-24-8-6-22(4)7-9-24/h6-9,23,25H,2,5,10-20H2,1,3-4H3,(H2,27,28,29).